The fourth-order valence-corrected chi connectivity index (χ4v) is 2.07. The molecule has 1 aliphatic rings. The predicted octanol–water partition coefficient (Wildman–Crippen LogP) is 2.09. The number of ether oxygens (including phenoxy) is 2. The summed E-state index contributed by atoms with van der Waals surface area (Å²) in [5, 5.41) is 0. The van der Waals surface area contributed by atoms with Gasteiger partial charge < -0.3 is 9.47 Å². The van der Waals surface area contributed by atoms with Gasteiger partial charge >= 0.3 is 11.9 Å². The zero-order valence-electron chi connectivity index (χ0n) is 11.7. The Labute approximate surface area is 114 Å². The first-order valence-electron chi connectivity index (χ1n) is 6.28. The maximum absolute atomic E-state index is 12.0. The summed E-state index contributed by atoms with van der Waals surface area (Å²) in [6.45, 7) is 2.01. The molecule has 4 heteroatoms. The molecule has 1 fully saturated rings. The Hall–Kier alpha value is -1.76. The molecule has 1 rings (SSSR count). The third kappa shape index (κ3) is 3.37. The minimum Gasteiger partial charge on any atom is -0.468 e. The number of terminal acetylenes is 1. The second-order valence-electron chi connectivity index (χ2n) is 4.87. The molecule has 0 aliphatic heterocycles. The van der Waals surface area contributed by atoms with Crippen LogP contribution in [0.3, 0.4) is 0 Å². The molecule has 0 aromatic carbocycles. The van der Waals surface area contributed by atoms with E-state index >= 15 is 0 Å². The van der Waals surface area contributed by atoms with Gasteiger partial charge in [0.2, 0.25) is 0 Å². The van der Waals surface area contributed by atoms with Crippen LogP contribution in [0.5, 0.6) is 0 Å². The molecule has 19 heavy (non-hydrogen) atoms. The van der Waals surface area contributed by atoms with Gasteiger partial charge in [-0.1, -0.05) is 11.6 Å². The van der Waals surface area contributed by atoms with Crippen LogP contribution in [0.15, 0.2) is 11.6 Å². The third-order valence-corrected chi connectivity index (χ3v) is 3.55. The Kier molecular flexibility index (Phi) is 5.17. The van der Waals surface area contributed by atoms with E-state index in [0.717, 1.165) is 0 Å². The fourth-order valence-electron chi connectivity index (χ4n) is 2.07. The lowest BCUT2D eigenvalue weighted by molar-refractivity contribution is -0.168. The highest BCUT2D eigenvalue weighted by atomic mass is 16.5. The van der Waals surface area contributed by atoms with Crippen LogP contribution < -0.4 is 0 Å². The summed E-state index contributed by atoms with van der Waals surface area (Å²) >= 11 is 0. The first-order chi connectivity index (χ1) is 9.01. The topological polar surface area (TPSA) is 52.6 Å². The van der Waals surface area contributed by atoms with Crippen LogP contribution in [0.4, 0.5) is 0 Å². The molecule has 0 aromatic heterocycles. The van der Waals surface area contributed by atoms with Gasteiger partial charge in [-0.2, -0.15) is 0 Å². The molecule has 0 aromatic rings. The number of rotatable bonds is 6. The largest absolute Gasteiger partial charge is 0.468 e. The van der Waals surface area contributed by atoms with Gasteiger partial charge in [-0.15, -0.1) is 12.3 Å². The van der Waals surface area contributed by atoms with Gasteiger partial charge in [-0.25, -0.2) is 0 Å². The van der Waals surface area contributed by atoms with E-state index in [1.54, 1.807) is 0 Å². The van der Waals surface area contributed by atoms with Crippen molar-refractivity contribution >= 4 is 11.9 Å². The number of carbonyl (C=O) groups excluding carboxylic acids is 2. The smallest absolute Gasteiger partial charge is 0.324 e. The van der Waals surface area contributed by atoms with Crippen molar-refractivity contribution in [2.24, 2.45) is 11.3 Å². The average Bonchev–Trinajstić information content (AvgIpc) is 3.25. The van der Waals surface area contributed by atoms with Gasteiger partial charge in [0.1, 0.15) is 0 Å². The lowest BCUT2D eigenvalue weighted by Crippen LogP contribution is -2.40. The molecule has 0 amide bonds. The number of carbonyl (C=O) groups is 2. The average molecular weight is 264 g/mol. The molecule has 104 valence electrons. The summed E-state index contributed by atoms with van der Waals surface area (Å²) in [7, 11) is 2.49. The van der Waals surface area contributed by atoms with E-state index in [1.807, 2.05) is 13.0 Å². The molecule has 4 nitrogen and oxygen atoms in total. The van der Waals surface area contributed by atoms with Crippen LogP contribution in [-0.4, -0.2) is 26.2 Å². The molecule has 1 saturated carbocycles. The first kappa shape index (κ1) is 15.3. The fraction of sp³-hybridized carbons (Fsp3) is 0.600. The molecule has 0 unspecified atom stereocenters. The zero-order valence-corrected chi connectivity index (χ0v) is 11.7. The van der Waals surface area contributed by atoms with Gasteiger partial charge in [0.25, 0.3) is 0 Å². The molecular formula is C15H20O4. The van der Waals surface area contributed by atoms with Crippen LogP contribution in [0.25, 0.3) is 0 Å². The van der Waals surface area contributed by atoms with Crippen LogP contribution in [0, 0.1) is 23.7 Å². The van der Waals surface area contributed by atoms with Gasteiger partial charge in [-0.3, -0.25) is 9.59 Å². The number of hydrogen-bond acceptors (Lipinski definition) is 4. The minimum absolute atomic E-state index is 0.0270. The van der Waals surface area contributed by atoms with E-state index in [4.69, 9.17) is 15.9 Å². The summed E-state index contributed by atoms with van der Waals surface area (Å²) in [5.41, 5.74) is -0.233. The van der Waals surface area contributed by atoms with E-state index in [-0.39, 0.29) is 12.8 Å². The Balaban J connectivity index is 3.00. The molecule has 0 radical (unpaired) electrons. The van der Waals surface area contributed by atoms with Crippen molar-refractivity contribution < 1.29 is 19.1 Å². The summed E-state index contributed by atoms with van der Waals surface area (Å²) in [4.78, 5) is 23.9. The van der Waals surface area contributed by atoms with Gasteiger partial charge in [0, 0.05) is 6.42 Å². The Morgan fingerprint density at radius 2 is 1.84 bits per heavy atom. The number of hydrogen-bond donors (Lipinski definition) is 0. The Morgan fingerprint density at radius 3 is 2.21 bits per heavy atom. The Morgan fingerprint density at radius 1 is 1.32 bits per heavy atom. The highest BCUT2D eigenvalue weighted by molar-refractivity contribution is 6.00. The SMILES string of the molecule is C#CCC(C/C=C(\C)C1CC1)(C(=O)OC)C(=O)OC. The van der Waals surface area contributed by atoms with E-state index in [9.17, 15) is 9.59 Å². The second-order valence-corrected chi connectivity index (χ2v) is 4.87. The van der Waals surface area contributed by atoms with Gasteiger partial charge in [0.15, 0.2) is 5.41 Å². The molecule has 0 spiro atoms. The van der Waals surface area contributed by atoms with E-state index in [2.05, 4.69) is 5.92 Å². The molecule has 0 heterocycles. The molecule has 0 N–H and O–H groups in total. The van der Waals surface area contributed by atoms with Gasteiger partial charge in [-0.05, 0) is 32.1 Å². The van der Waals surface area contributed by atoms with Crippen LogP contribution in [-0.2, 0) is 19.1 Å². The number of esters is 2. The zero-order chi connectivity index (χ0) is 14.5. The predicted molar refractivity (Wildman–Crippen MR) is 71.0 cm³/mol. The number of allylic oxidation sites excluding steroid dienone is 2. The van der Waals surface area contributed by atoms with Crippen molar-refractivity contribution in [1.29, 1.82) is 0 Å². The lowest BCUT2D eigenvalue weighted by Gasteiger charge is -2.25. The number of methoxy groups -OCH3 is 2. The lowest BCUT2D eigenvalue weighted by atomic mass is 9.80. The van der Waals surface area contributed by atoms with E-state index < -0.39 is 17.4 Å². The summed E-state index contributed by atoms with van der Waals surface area (Å²) in [6, 6.07) is 0. The van der Waals surface area contributed by atoms with Crippen LogP contribution in [0.2, 0.25) is 0 Å². The maximum Gasteiger partial charge on any atom is 0.324 e. The molecule has 0 saturated heterocycles. The minimum atomic E-state index is -1.42. The van der Waals surface area contributed by atoms with Crippen molar-refractivity contribution in [3.8, 4) is 12.3 Å². The second kappa shape index (κ2) is 6.42. The maximum atomic E-state index is 12.0. The van der Waals surface area contributed by atoms with E-state index in [0.29, 0.717) is 5.92 Å². The molecule has 0 bridgehead atoms. The van der Waals surface area contributed by atoms with Crippen molar-refractivity contribution in [1.82, 2.24) is 0 Å². The standard InChI is InChI=1S/C15H20O4/c1-5-9-15(13(16)18-3,14(17)19-4)10-8-11(2)12-6-7-12/h1,8,12H,6-7,9-10H2,2-4H3/b11-8+. The summed E-state index contributed by atoms with van der Waals surface area (Å²) in [6.07, 6.45) is 9.73. The molecule has 0 atom stereocenters. The normalized spacial score (nSPS) is 15.6. The quantitative estimate of drug-likeness (QED) is 0.319. The highest BCUT2D eigenvalue weighted by Crippen LogP contribution is 2.38. The summed E-state index contributed by atoms with van der Waals surface area (Å²) in [5.74, 6) is 1.68. The highest BCUT2D eigenvalue weighted by Gasteiger charge is 2.47. The third-order valence-electron chi connectivity index (χ3n) is 3.55. The van der Waals surface area contributed by atoms with Gasteiger partial charge in [0.05, 0.1) is 14.2 Å². The first-order valence-corrected chi connectivity index (χ1v) is 6.28. The van der Waals surface area contributed by atoms with E-state index in [1.165, 1.54) is 32.6 Å². The summed E-state index contributed by atoms with van der Waals surface area (Å²) < 4.78 is 9.47. The molecule has 1 aliphatic carbocycles. The van der Waals surface area contributed by atoms with Crippen molar-refractivity contribution in [3.05, 3.63) is 11.6 Å². The monoisotopic (exact) mass is 264 g/mol. The van der Waals surface area contributed by atoms with Crippen molar-refractivity contribution in [2.45, 2.75) is 32.6 Å². The van der Waals surface area contributed by atoms with Crippen molar-refractivity contribution in [2.75, 3.05) is 14.2 Å². The Bertz CT molecular complexity index is 408. The van der Waals surface area contributed by atoms with Crippen LogP contribution >= 0.6 is 0 Å². The molecular weight excluding hydrogens is 244 g/mol. The van der Waals surface area contributed by atoms with Crippen LogP contribution in [0.1, 0.15) is 32.6 Å². The van der Waals surface area contributed by atoms with Crippen molar-refractivity contribution in [3.63, 3.8) is 0 Å².